The minimum absolute atomic E-state index is 0.383. The van der Waals surface area contributed by atoms with Crippen LogP contribution in [0.3, 0.4) is 0 Å². The van der Waals surface area contributed by atoms with Crippen molar-refractivity contribution in [3.63, 3.8) is 0 Å². The Labute approximate surface area is 124 Å². The first-order valence-electron chi connectivity index (χ1n) is 7.08. The van der Waals surface area contributed by atoms with Gasteiger partial charge in [-0.25, -0.2) is 9.97 Å². The van der Waals surface area contributed by atoms with Crippen LogP contribution in [0.15, 0.2) is 18.5 Å². The van der Waals surface area contributed by atoms with Crippen molar-refractivity contribution in [2.75, 3.05) is 38.8 Å². The fraction of sp³-hybridized carbons (Fsp3) is 0.467. The first-order chi connectivity index (χ1) is 10.2. The molecule has 0 amide bonds. The van der Waals surface area contributed by atoms with E-state index in [1.807, 2.05) is 12.1 Å². The highest BCUT2D eigenvalue weighted by molar-refractivity contribution is 5.94. The number of anilines is 1. The van der Waals surface area contributed by atoms with E-state index in [-0.39, 0.29) is 0 Å². The Bertz CT molecular complexity index is 647. The Balaban J connectivity index is 2.18. The maximum atomic E-state index is 5.44. The summed E-state index contributed by atoms with van der Waals surface area (Å²) in [5.41, 5.74) is 0.814. The minimum atomic E-state index is 0.383. The van der Waals surface area contributed by atoms with Crippen LogP contribution in [0.4, 0.5) is 5.82 Å². The summed E-state index contributed by atoms with van der Waals surface area (Å²) in [5, 5.41) is 4.35. The topological polar surface area (TPSA) is 59.5 Å². The molecule has 6 heteroatoms. The van der Waals surface area contributed by atoms with Crippen molar-refractivity contribution in [1.82, 2.24) is 15.3 Å². The van der Waals surface area contributed by atoms with Gasteiger partial charge in [0.2, 0.25) is 0 Å². The van der Waals surface area contributed by atoms with Gasteiger partial charge in [-0.1, -0.05) is 0 Å². The standard InChI is InChI=1S/C15H20N4O2/c1-10-8-16-4-5-19(10)15-12-6-11(20-2)7-13(21-3)14(12)17-9-18-15/h6-7,9-10,16H,4-5,8H2,1-3H3/t10-/m0/s1. The van der Waals surface area contributed by atoms with Crippen molar-refractivity contribution >= 4 is 16.7 Å². The summed E-state index contributed by atoms with van der Waals surface area (Å²) in [6.07, 6.45) is 1.60. The van der Waals surface area contributed by atoms with Gasteiger partial charge in [0.15, 0.2) is 0 Å². The van der Waals surface area contributed by atoms with E-state index in [1.165, 1.54) is 0 Å². The maximum absolute atomic E-state index is 5.44. The molecule has 1 aliphatic rings. The second kappa shape index (κ2) is 5.73. The summed E-state index contributed by atoms with van der Waals surface area (Å²) in [5.74, 6) is 2.39. The molecule has 1 N–H and O–H groups in total. The average molecular weight is 288 g/mol. The highest BCUT2D eigenvalue weighted by Gasteiger charge is 2.22. The third-order valence-electron chi connectivity index (χ3n) is 3.89. The Kier molecular flexibility index (Phi) is 3.79. The van der Waals surface area contributed by atoms with Crippen molar-refractivity contribution in [3.8, 4) is 11.5 Å². The normalized spacial score (nSPS) is 18.8. The van der Waals surface area contributed by atoms with Gasteiger partial charge in [0.1, 0.15) is 29.2 Å². The monoisotopic (exact) mass is 288 g/mol. The summed E-state index contributed by atoms with van der Waals surface area (Å²) < 4.78 is 10.8. The molecule has 1 aromatic carbocycles. The van der Waals surface area contributed by atoms with Gasteiger partial charge in [0, 0.05) is 31.7 Å². The van der Waals surface area contributed by atoms with Crippen molar-refractivity contribution < 1.29 is 9.47 Å². The molecule has 1 aliphatic heterocycles. The van der Waals surface area contributed by atoms with Crippen LogP contribution in [0.25, 0.3) is 10.9 Å². The molecule has 1 saturated heterocycles. The molecule has 6 nitrogen and oxygen atoms in total. The fourth-order valence-electron chi connectivity index (χ4n) is 2.76. The Morgan fingerprint density at radius 3 is 2.81 bits per heavy atom. The number of rotatable bonds is 3. The summed E-state index contributed by atoms with van der Waals surface area (Å²) >= 11 is 0. The number of piperazine rings is 1. The Hall–Kier alpha value is -2.08. The van der Waals surface area contributed by atoms with Crippen LogP contribution in [0.2, 0.25) is 0 Å². The van der Waals surface area contributed by atoms with E-state index in [2.05, 4.69) is 27.1 Å². The molecule has 0 radical (unpaired) electrons. The average Bonchev–Trinajstić information content (AvgIpc) is 2.53. The first-order valence-corrected chi connectivity index (χ1v) is 7.08. The number of hydrogen-bond acceptors (Lipinski definition) is 6. The smallest absolute Gasteiger partial charge is 0.148 e. The summed E-state index contributed by atoms with van der Waals surface area (Å²) in [7, 11) is 3.29. The van der Waals surface area contributed by atoms with Crippen LogP contribution in [-0.2, 0) is 0 Å². The number of nitrogens with zero attached hydrogens (tertiary/aromatic N) is 3. The van der Waals surface area contributed by atoms with Gasteiger partial charge in [-0.2, -0.15) is 0 Å². The van der Waals surface area contributed by atoms with Crippen molar-refractivity contribution in [2.45, 2.75) is 13.0 Å². The third-order valence-corrected chi connectivity index (χ3v) is 3.89. The van der Waals surface area contributed by atoms with E-state index >= 15 is 0 Å². The Morgan fingerprint density at radius 2 is 2.10 bits per heavy atom. The van der Waals surface area contributed by atoms with Crippen LogP contribution in [0, 0.1) is 0 Å². The van der Waals surface area contributed by atoms with E-state index in [4.69, 9.17) is 9.47 Å². The highest BCUT2D eigenvalue weighted by atomic mass is 16.5. The molecule has 2 heterocycles. The zero-order valence-electron chi connectivity index (χ0n) is 12.6. The quantitative estimate of drug-likeness (QED) is 0.922. The predicted molar refractivity (Wildman–Crippen MR) is 82.3 cm³/mol. The molecular weight excluding hydrogens is 268 g/mol. The minimum Gasteiger partial charge on any atom is -0.497 e. The molecular formula is C15H20N4O2. The molecule has 112 valence electrons. The predicted octanol–water partition coefficient (Wildman–Crippen LogP) is 1.45. The number of aromatic nitrogens is 2. The number of ether oxygens (including phenoxy) is 2. The van der Waals surface area contributed by atoms with Crippen molar-refractivity contribution in [2.24, 2.45) is 0 Å². The lowest BCUT2D eigenvalue weighted by Gasteiger charge is -2.35. The molecule has 1 atom stereocenters. The van der Waals surface area contributed by atoms with E-state index in [1.54, 1.807) is 20.5 Å². The molecule has 1 aromatic heterocycles. The van der Waals surface area contributed by atoms with E-state index in [0.717, 1.165) is 42.1 Å². The molecule has 0 bridgehead atoms. The lowest BCUT2D eigenvalue weighted by atomic mass is 10.1. The highest BCUT2D eigenvalue weighted by Crippen LogP contribution is 2.34. The van der Waals surface area contributed by atoms with Crippen LogP contribution in [0.5, 0.6) is 11.5 Å². The van der Waals surface area contributed by atoms with Gasteiger partial charge < -0.3 is 19.7 Å². The molecule has 1 fully saturated rings. The molecule has 2 aromatic rings. The number of fused-ring (bicyclic) bond motifs is 1. The number of methoxy groups -OCH3 is 2. The van der Waals surface area contributed by atoms with Gasteiger partial charge in [0.25, 0.3) is 0 Å². The third kappa shape index (κ3) is 2.47. The largest absolute Gasteiger partial charge is 0.497 e. The molecule has 0 spiro atoms. The molecule has 21 heavy (non-hydrogen) atoms. The molecule has 0 unspecified atom stereocenters. The molecule has 0 aliphatic carbocycles. The molecule has 3 rings (SSSR count). The van der Waals surface area contributed by atoms with Crippen LogP contribution in [0.1, 0.15) is 6.92 Å². The lowest BCUT2D eigenvalue weighted by Crippen LogP contribution is -2.50. The number of benzene rings is 1. The Morgan fingerprint density at radius 1 is 1.24 bits per heavy atom. The number of hydrogen-bond donors (Lipinski definition) is 1. The zero-order chi connectivity index (χ0) is 14.8. The van der Waals surface area contributed by atoms with Crippen molar-refractivity contribution in [3.05, 3.63) is 18.5 Å². The summed E-state index contributed by atoms with van der Waals surface area (Å²) in [6, 6.07) is 4.21. The van der Waals surface area contributed by atoms with Gasteiger partial charge in [0.05, 0.1) is 19.6 Å². The zero-order valence-corrected chi connectivity index (χ0v) is 12.6. The van der Waals surface area contributed by atoms with Gasteiger partial charge in [-0.3, -0.25) is 0 Å². The summed E-state index contributed by atoms with van der Waals surface area (Å²) in [4.78, 5) is 11.2. The van der Waals surface area contributed by atoms with Gasteiger partial charge in [-0.05, 0) is 13.0 Å². The summed E-state index contributed by atoms with van der Waals surface area (Å²) in [6.45, 7) is 5.02. The maximum Gasteiger partial charge on any atom is 0.148 e. The molecule has 0 saturated carbocycles. The van der Waals surface area contributed by atoms with Gasteiger partial charge in [-0.15, -0.1) is 0 Å². The van der Waals surface area contributed by atoms with Crippen LogP contribution in [-0.4, -0.2) is 49.9 Å². The second-order valence-electron chi connectivity index (χ2n) is 5.17. The van der Waals surface area contributed by atoms with E-state index < -0.39 is 0 Å². The van der Waals surface area contributed by atoms with Crippen LogP contribution < -0.4 is 19.7 Å². The van der Waals surface area contributed by atoms with E-state index in [9.17, 15) is 0 Å². The van der Waals surface area contributed by atoms with Crippen molar-refractivity contribution in [1.29, 1.82) is 0 Å². The first kappa shape index (κ1) is 13.9. The fourth-order valence-corrected chi connectivity index (χ4v) is 2.76. The second-order valence-corrected chi connectivity index (χ2v) is 5.17. The van der Waals surface area contributed by atoms with E-state index in [0.29, 0.717) is 11.8 Å². The lowest BCUT2D eigenvalue weighted by molar-refractivity contribution is 0.397. The van der Waals surface area contributed by atoms with Gasteiger partial charge >= 0.3 is 0 Å². The SMILES string of the molecule is COc1cc(OC)c2ncnc(N3CCNC[C@@H]3C)c2c1. The number of nitrogens with one attached hydrogen (secondary N) is 1. The van der Waals surface area contributed by atoms with Crippen LogP contribution >= 0.6 is 0 Å².